The van der Waals surface area contributed by atoms with Gasteiger partial charge in [-0.1, -0.05) is 12.1 Å². The molecule has 1 saturated heterocycles. The van der Waals surface area contributed by atoms with Crippen molar-refractivity contribution in [2.45, 2.75) is 25.5 Å². The minimum atomic E-state index is -0.649. The Hall–Kier alpha value is -0.970. The maximum absolute atomic E-state index is 13.4. The highest BCUT2D eigenvalue weighted by Crippen LogP contribution is 2.21. The molecule has 17 heavy (non-hydrogen) atoms. The van der Waals surface area contributed by atoms with E-state index in [-0.39, 0.29) is 11.9 Å². The number of morpholine rings is 1. The van der Waals surface area contributed by atoms with E-state index in [0.717, 1.165) is 6.54 Å². The van der Waals surface area contributed by atoms with Crippen molar-refractivity contribution < 1.29 is 14.2 Å². The lowest BCUT2D eigenvalue weighted by molar-refractivity contribution is 0.0518. The summed E-state index contributed by atoms with van der Waals surface area (Å²) in [6.07, 6.45) is -0.105. The van der Waals surface area contributed by atoms with Crippen LogP contribution in [0, 0.1) is 12.7 Å². The number of nitrogens with one attached hydrogen (secondary N) is 1. The van der Waals surface area contributed by atoms with Crippen molar-refractivity contribution in [1.29, 1.82) is 0 Å². The van der Waals surface area contributed by atoms with Gasteiger partial charge in [-0.05, 0) is 30.5 Å². The Morgan fingerprint density at radius 2 is 2.41 bits per heavy atom. The molecule has 1 aliphatic heterocycles. The van der Waals surface area contributed by atoms with Gasteiger partial charge in [-0.2, -0.15) is 0 Å². The summed E-state index contributed by atoms with van der Waals surface area (Å²) >= 11 is 0. The molecule has 2 N–H and O–H groups in total. The number of hydrogen-bond acceptors (Lipinski definition) is 3. The van der Waals surface area contributed by atoms with E-state index < -0.39 is 6.10 Å². The van der Waals surface area contributed by atoms with Gasteiger partial charge in [-0.3, -0.25) is 0 Å². The van der Waals surface area contributed by atoms with Gasteiger partial charge < -0.3 is 15.2 Å². The molecule has 2 atom stereocenters. The van der Waals surface area contributed by atoms with Gasteiger partial charge in [-0.25, -0.2) is 4.39 Å². The number of halogens is 1. The zero-order valence-electron chi connectivity index (χ0n) is 9.95. The third kappa shape index (κ3) is 3.25. The third-order valence-electron chi connectivity index (χ3n) is 3.09. The minimum Gasteiger partial charge on any atom is -0.388 e. The van der Waals surface area contributed by atoms with Gasteiger partial charge >= 0.3 is 0 Å². The van der Waals surface area contributed by atoms with Gasteiger partial charge in [0.1, 0.15) is 5.82 Å². The zero-order valence-corrected chi connectivity index (χ0v) is 9.95. The van der Waals surface area contributed by atoms with E-state index in [0.29, 0.717) is 30.8 Å². The summed E-state index contributed by atoms with van der Waals surface area (Å²) in [6.45, 7) is 3.83. The van der Waals surface area contributed by atoms with E-state index in [1.807, 2.05) is 0 Å². The summed E-state index contributed by atoms with van der Waals surface area (Å²) in [7, 11) is 0. The molecular formula is C13H18FNO2. The van der Waals surface area contributed by atoms with Crippen LogP contribution < -0.4 is 5.32 Å². The lowest BCUT2D eigenvalue weighted by Crippen LogP contribution is -2.42. The molecule has 0 radical (unpaired) electrons. The summed E-state index contributed by atoms with van der Waals surface area (Å²) in [5.74, 6) is -0.269. The Balaban J connectivity index is 1.98. The second-order valence-corrected chi connectivity index (χ2v) is 4.49. The lowest BCUT2D eigenvalue weighted by Gasteiger charge is -2.26. The first kappa shape index (κ1) is 12.5. The molecular weight excluding hydrogens is 221 g/mol. The summed E-state index contributed by atoms with van der Waals surface area (Å²) in [5.41, 5.74) is 1.22. The van der Waals surface area contributed by atoms with Gasteiger partial charge in [0, 0.05) is 12.6 Å². The Bertz CT molecular complexity index is 378. The zero-order chi connectivity index (χ0) is 12.3. The molecule has 3 nitrogen and oxygen atoms in total. The topological polar surface area (TPSA) is 41.5 Å². The van der Waals surface area contributed by atoms with Gasteiger partial charge in [-0.15, -0.1) is 0 Å². The van der Waals surface area contributed by atoms with Gasteiger partial charge in [0.15, 0.2) is 0 Å². The molecule has 1 aromatic carbocycles. The van der Waals surface area contributed by atoms with E-state index in [1.165, 1.54) is 6.07 Å². The first-order valence-corrected chi connectivity index (χ1v) is 5.92. The van der Waals surface area contributed by atoms with E-state index in [1.54, 1.807) is 19.1 Å². The molecule has 94 valence electrons. The van der Waals surface area contributed by atoms with Crippen LogP contribution in [0.25, 0.3) is 0 Å². The van der Waals surface area contributed by atoms with Crippen molar-refractivity contribution in [3.63, 3.8) is 0 Å². The molecule has 0 bridgehead atoms. The molecule has 0 saturated carbocycles. The first-order chi connectivity index (χ1) is 8.16. The number of aryl methyl sites for hydroxylation is 1. The highest BCUT2D eigenvalue weighted by Gasteiger charge is 2.18. The molecule has 0 aliphatic carbocycles. The SMILES string of the molecule is Cc1ccc(C(O)CC2COCCN2)cc1F. The molecule has 2 rings (SSSR count). The van der Waals surface area contributed by atoms with Crippen LogP contribution in [0.5, 0.6) is 0 Å². The molecule has 0 aromatic heterocycles. The van der Waals surface area contributed by atoms with Crippen molar-refractivity contribution in [3.05, 3.63) is 35.1 Å². The fraction of sp³-hybridized carbons (Fsp3) is 0.538. The molecule has 1 aromatic rings. The third-order valence-corrected chi connectivity index (χ3v) is 3.09. The first-order valence-electron chi connectivity index (χ1n) is 5.92. The summed E-state index contributed by atoms with van der Waals surface area (Å²) in [4.78, 5) is 0. The molecule has 1 fully saturated rings. The van der Waals surface area contributed by atoms with Crippen LogP contribution >= 0.6 is 0 Å². The predicted molar refractivity (Wildman–Crippen MR) is 63.3 cm³/mol. The normalized spacial score (nSPS) is 22.4. The van der Waals surface area contributed by atoms with Crippen LogP contribution in [0.2, 0.25) is 0 Å². The molecule has 1 heterocycles. The second-order valence-electron chi connectivity index (χ2n) is 4.49. The highest BCUT2D eigenvalue weighted by molar-refractivity contribution is 5.25. The summed E-state index contributed by atoms with van der Waals surface area (Å²) < 4.78 is 18.7. The molecule has 2 unspecified atom stereocenters. The summed E-state index contributed by atoms with van der Waals surface area (Å²) in [6, 6.07) is 5.01. The molecule has 4 heteroatoms. The van der Waals surface area contributed by atoms with Crippen molar-refractivity contribution in [2.75, 3.05) is 19.8 Å². The van der Waals surface area contributed by atoms with Crippen LogP contribution in [0.15, 0.2) is 18.2 Å². The predicted octanol–water partition coefficient (Wildman–Crippen LogP) is 1.55. The number of ether oxygens (including phenoxy) is 1. The largest absolute Gasteiger partial charge is 0.388 e. The highest BCUT2D eigenvalue weighted by atomic mass is 19.1. The number of rotatable bonds is 3. The molecule has 0 spiro atoms. The number of benzene rings is 1. The Kier molecular flexibility index (Phi) is 4.10. The van der Waals surface area contributed by atoms with E-state index >= 15 is 0 Å². The smallest absolute Gasteiger partial charge is 0.126 e. The average Bonchev–Trinajstić information content (AvgIpc) is 2.34. The van der Waals surface area contributed by atoms with Gasteiger partial charge in [0.2, 0.25) is 0 Å². The monoisotopic (exact) mass is 239 g/mol. The van der Waals surface area contributed by atoms with Crippen LogP contribution in [-0.4, -0.2) is 30.9 Å². The van der Waals surface area contributed by atoms with Crippen LogP contribution in [-0.2, 0) is 4.74 Å². The van der Waals surface area contributed by atoms with Crippen molar-refractivity contribution >= 4 is 0 Å². The lowest BCUT2D eigenvalue weighted by atomic mass is 10.0. The van der Waals surface area contributed by atoms with Crippen molar-refractivity contribution in [2.24, 2.45) is 0 Å². The van der Waals surface area contributed by atoms with E-state index in [9.17, 15) is 9.50 Å². The fourth-order valence-electron chi connectivity index (χ4n) is 1.99. The maximum atomic E-state index is 13.4. The standard InChI is InChI=1S/C13H18FNO2/c1-9-2-3-10(6-12(9)14)13(16)7-11-8-17-5-4-15-11/h2-3,6,11,13,15-16H,4-5,7-8H2,1H3. The summed E-state index contributed by atoms with van der Waals surface area (Å²) in [5, 5.41) is 13.3. The Morgan fingerprint density at radius 3 is 3.06 bits per heavy atom. The molecule has 1 aliphatic rings. The minimum absolute atomic E-state index is 0.142. The van der Waals surface area contributed by atoms with Gasteiger partial charge in [0.25, 0.3) is 0 Å². The Labute approximate surface area is 101 Å². The number of aliphatic hydroxyl groups is 1. The average molecular weight is 239 g/mol. The second kappa shape index (κ2) is 5.58. The van der Waals surface area contributed by atoms with E-state index in [4.69, 9.17) is 4.74 Å². The van der Waals surface area contributed by atoms with Crippen molar-refractivity contribution in [3.8, 4) is 0 Å². The van der Waals surface area contributed by atoms with Crippen molar-refractivity contribution in [1.82, 2.24) is 5.32 Å². The number of aliphatic hydroxyl groups excluding tert-OH is 1. The van der Waals surface area contributed by atoms with Crippen LogP contribution in [0.3, 0.4) is 0 Å². The van der Waals surface area contributed by atoms with Gasteiger partial charge in [0.05, 0.1) is 19.3 Å². The quantitative estimate of drug-likeness (QED) is 0.841. The fourth-order valence-corrected chi connectivity index (χ4v) is 1.99. The van der Waals surface area contributed by atoms with Crippen LogP contribution in [0.1, 0.15) is 23.7 Å². The number of hydrogen-bond donors (Lipinski definition) is 2. The van der Waals surface area contributed by atoms with Crippen LogP contribution in [0.4, 0.5) is 4.39 Å². The Morgan fingerprint density at radius 1 is 1.59 bits per heavy atom. The van der Waals surface area contributed by atoms with E-state index in [2.05, 4.69) is 5.32 Å². The maximum Gasteiger partial charge on any atom is 0.126 e. The molecule has 0 amide bonds.